The Kier molecular flexibility index (Phi) is 62.6. The van der Waals surface area contributed by atoms with Gasteiger partial charge in [0.2, 0.25) is 0 Å². The van der Waals surface area contributed by atoms with Crippen LogP contribution in [0.2, 0.25) is 0 Å². The molecule has 0 aromatic heterocycles. The van der Waals surface area contributed by atoms with Crippen LogP contribution in [0.5, 0.6) is 0 Å². The maximum Gasteiger partial charge on any atom is 0.306 e. The second-order valence-electron chi connectivity index (χ2n) is 23.1. The number of rotatable bonds is 63. The highest BCUT2D eigenvalue weighted by atomic mass is 16.6. The van der Waals surface area contributed by atoms with E-state index < -0.39 is 6.10 Å². The van der Waals surface area contributed by atoms with Crippen LogP contribution in [0.3, 0.4) is 0 Å². The van der Waals surface area contributed by atoms with E-state index in [2.05, 4.69) is 45.1 Å². The third kappa shape index (κ3) is 62.6. The predicted molar refractivity (Wildman–Crippen MR) is 326 cm³/mol. The maximum absolute atomic E-state index is 12.9. The number of ether oxygens (including phenoxy) is 3. The molecule has 6 heteroatoms. The molecule has 0 aromatic carbocycles. The molecule has 0 amide bonds. The lowest BCUT2D eigenvalue weighted by atomic mass is 10.0. The van der Waals surface area contributed by atoms with E-state index in [0.717, 1.165) is 64.2 Å². The van der Waals surface area contributed by atoms with Crippen molar-refractivity contribution < 1.29 is 28.6 Å². The molecule has 0 heterocycles. The van der Waals surface area contributed by atoms with Crippen molar-refractivity contribution in [2.45, 2.75) is 386 Å². The van der Waals surface area contributed by atoms with Crippen molar-refractivity contribution in [1.29, 1.82) is 0 Å². The number of allylic oxidation sites excluding steroid dienone is 4. The minimum Gasteiger partial charge on any atom is -0.462 e. The maximum atomic E-state index is 12.9. The molecule has 0 aliphatic carbocycles. The van der Waals surface area contributed by atoms with E-state index >= 15 is 0 Å². The normalized spacial score (nSPS) is 12.1. The lowest BCUT2D eigenvalue weighted by Crippen LogP contribution is -2.30. The Morgan fingerprint density at radius 2 is 0.440 bits per heavy atom. The van der Waals surface area contributed by atoms with Gasteiger partial charge in [0, 0.05) is 19.3 Å². The first-order valence-electron chi connectivity index (χ1n) is 33.8. The topological polar surface area (TPSA) is 78.9 Å². The molecule has 0 aliphatic heterocycles. The van der Waals surface area contributed by atoms with Crippen molar-refractivity contribution in [2.24, 2.45) is 0 Å². The fourth-order valence-electron chi connectivity index (χ4n) is 10.3. The molecule has 0 saturated heterocycles. The smallest absolute Gasteiger partial charge is 0.306 e. The molecule has 0 saturated carbocycles. The largest absolute Gasteiger partial charge is 0.462 e. The summed E-state index contributed by atoms with van der Waals surface area (Å²) in [5.74, 6) is -0.849. The second kappa shape index (κ2) is 64.4. The summed E-state index contributed by atoms with van der Waals surface area (Å²) in [6.45, 7) is 6.68. The molecule has 0 N–H and O–H groups in total. The fourth-order valence-corrected chi connectivity index (χ4v) is 10.3. The molecule has 75 heavy (non-hydrogen) atoms. The first-order chi connectivity index (χ1) is 37.0. The second-order valence-corrected chi connectivity index (χ2v) is 23.1. The van der Waals surface area contributed by atoms with E-state index in [1.165, 1.54) is 276 Å². The zero-order chi connectivity index (χ0) is 54.3. The molecule has 0 bridgehead atoms. The molecular weight excluding hydrogens is 925 g/mol. The molecule has 0 spiro atoms. The number of carbonyl (C=O) groups is 3. The Morgan fingerprint density at radius 1 is 0.253 bits per heavy atom. The average molecular weight is 1060 g/mol. The summed E-state index contributed by atoms with van der Waals surface area (Å²) in [6.07, 6.45) is 77.8. The van der Waals surface area contributed by atoms with E-state index in [1.807, 2.05) is 0 Å². The van der Waals surface area contributed by atoms with E-state index in [4.69, 9.17) is 14.2 Å². The summed E-state index contributed by atoms with van der Waals surface area (Å²) >= 11 is 0. The summed E-state index contributed by atoms with van der Waals surface area (Å²) in [6, 6.07) is 0. The quantitative estimate of drug-likeness (QED) is 0.0261. The van der Waals surface area contributed by atoms with Crippen LogP contribution >= 0.6 is 0 Å². The van der Waals surface area contributed by atoms with Crippen molar-refractivity contribution in [1.82, 2.24) is 0 Å². The molecule has 0 radical (unpaired) electrons. The van der Waals surface area contributed by atoms with Gasteiger partial charge in [0.05, 0.1) is 0 Å². The Balaban J connectivity index is 4.14. The summed E-state index contributed by atoms with van der Waals surface area (Å²) in [7, 11) is 0. The standard InChI is InChI=1S/C69H130O6/c1-4-7-10-13-16-19-22-25-27-28-29-30-31-32-33-34-35-36-37-38-39-40-42-44-47-50-53-56-59-62-68(71)74-65-66(64-73-67(70)61-58-55-52-49-46-43-24-21-18-15-12-9-6-3)75-69(72)63-60-57-54-51-48-45-41-26-23-20-17-14-11-8-5-2/h21,24,28-29,66H,4-20,22-23,25-27,30-65H2,1-3H3/b24-21-,29-28-. The van der Waals surface area contributed by atoms with Crippen LogP contribution in [0.4, 0.5) is 0 Å². The van der Waals surface area contributed by atoms with Crippen molar-refractivity contribution in [2.75, 3.05) is 13.2 Å². The molecule has 442 valence electrons. The highest BCUT2D eigenvalue weighted by molar-refractivity contribution is 5.71. The Labute approximate surface area is 468 Å². The molecule has 0 fully saturated rings. The SMILES string of the molecule is CCCCCC/C=C\CCCCCCCC(=O)OCC(COC(=O)CCCCCCCCCCCCCCCCCCC/C=C\CCCCCCCCCC)OC(=O)CCCCCCCCCCCCCCCCC. The van der Waals surface area contributed by atoms with Gasteiger partial charge in [-0.1, -0.05) is 315 Å². The van der Waals surface area contributed by atoms with Crippen LogP contribution in [0, 0.1) is 0 Å². The minimum atomic E-state index is -0.770. The zero-order valence-electron chi connectivity index (χ0n) is 50.8. The molecule has 0 aromatic rings. The van der Waals surface area contributed by atoms with Crippen LogP contribution in [0.15, 0.2) is 24.3 Å². The molecule has 6 nitrogen and oxygen atoms in total. The Hall–Kier alpha value is -2.11. The minimum absolute atomic E-state index is 0.0678. The molecule has 1 atom stereocenters. The highest BCUT2D eigenvalue weighted by Crippen LogP contribution is 2.18. The summed E-state index contributed by atoms with van der Waals surface area (Å²) in [5.41, 5.74) is 0. The monoisotopic (exact) mass is 1050 g/mol. The third-order valence-corrected chi connectivity index (χ3v) is 15.4. The van der Waals surface area contributed by atoms with Crippen molar-refractivity contribution in [3.05, 3.63) is 24.3 Å². The van der Waals surface area contributed by atoms with Gasteiger partial charge in [-0.15, -0.1) is 0 Å². The van der Waals surface area contributed by atoms with Crippen molar-refractivity contribution in [3.8, 4) is 0 Å². The third-order valence-electron chi connectivity index (χ3n) is 15.4. The average Bonchev–Trinajstić information content (AvgIpc) is 3.41. The predicted octanol–water partition coefficient (Wildman–Crippen LogP) is 23.0. The lowest BCUT2D eigenvalue weighted by Gasteiger charge is -2.18. The zero-order valence-corrected chi connectivity index (χ0v) is 50.8. The first kappa shape index (κ1) is 72.9. The van der Waals surface area contributed by atoms with Gasteiger partial charge in [-0.05, 0) is 70.6 Å². The molecule has 1 unspecified atom stereocenters. The first-order valence-corrected chi connectivity index (χ1v) is 33.8. The number of unbranched alkanes of at least 4 members (excludes halogenated alkanes) is 48. The number of hydrogen-bond acceptors (Lipinski definition) is 6. The fraction of sp³-hybridized carbons (Fsp3) is 0.899. The van der Waals surface area contributed by atoms with Crippen molar-refractivity contribution in [3.63, 3.8) is 0 Å². The highest BCUT2D eigenvalue weighted by Gasteiger charge is 2.19. The van der Waals surface area contributed by atoms with Crippen LogP contribution < -0.4 is 0 Å². The van der Waals surface area contributed by atoms with Gasteiger partial charge in [0.25, 0.3) is 0 Å². The molecule has 0 aliphatic rings. The summed E-state index contributed by atoms with van der Waals surface area (Å²) in [5, 5.41) is 0. The molecular formula is C69H130O6. The van der Waals surface area contributed by atoms with Gasteiger partial charge in [0.15, 0.2) is 6.10 Å². The summed E-state index contributed by atoms with van der Waals surface area (Å²) in [4.78, 5) is 38.3. The Morgan fingerprint density at radius 3 is 0.680 bits per heavy atom. The van der Waals surface area contributed by atoms with Gasteiger partial charge < -0.3 is 14.2 Å². The van der Waals surface area contributed by atoms with Gasteiger partial charge in [-0.25, -0.2) is 0 Å². The van der Waals surface area contributed by atoms with E-state index in [-0.39, 0.29) is 31.1 Å². The van der Waals surface area contributed by atoms with E-state index in [9.17, 15) is 14.4 Å². The van der Waals surface area contributed by atoms with Crippen LogP contribution in [0.1, 0.15) is 380 Å². The summed E-state index contributed by atoms with van der Waals surface area (Å²) < 4.78 is 16.9. The Bertz CT molecular complexity index is 1210. The lowest BCUT2D eigenvalue weighted by molar-refractivity contribution is -0.167. The van der Waals surface area contributed by atoms with Crippen LogP contribution in [0.25, 0.3) is 0 Å². The van der Waals surface area contributed by atoms with Gasteiger partial charge >= 0.3 is 17.9 Å². The van der Waals surface area contributed by atoms with Crippen molar-refractivity contribution >= 4 is 17.9 Å². The van der Waals surface area contributed by atoms with Crippen LogP contribution in [-0.2, 0) is 28.6 Å². The number of esters is 3. The van der Waals surface area contributed by atoms with Crippen LogP contribution in [-0.4, -0.2) is 37.2 Å². The van der Waals surface area contributed by atoms with Gasteiger partial charge in [-0.2, -0.15) is 0 Å². The number of hydrogen-bond donors (Lipinski definition) is 0. The van der Waals surface area contributed by atoms with E-state index in [0.29, 0.717) is 19.3 Å². The van der Waals surface area contributed by atoms with Gasteiger partial charge in [-0.3, -0.25) is 14.4 Å². The molecule has 0 rings (SSSR count). The number of carbonyl (C=O) groups excluding carboxylic acids is 3. The van der Waals surface area contributed by atoms with Gasteiger partial charge in [0.1, 0.15) is 13.2 Å². The van der Waals surface area contributed by atoms with E-state index in [1.54, 1.807) is 0 Å².